The molecule has 2 aromatic rings. The minimum atomic E-state index is -0.717. The monoisotopic (exact) mass is 269 g/mol. The Hall–Kier alpha value is -2.51. The maximum Gasteiger partial charge on any atom is 0.122 e. The van der Waals surface area contributed by atoms with Gasteiger partial charge in [0.05, 0.1) is 11.6 Å². The minimum Gasteiger partial charge on any atom is -0.491 e. The van der Waals surface area contributed by atoms with Gasteiger partial charge < -0.3 is 14.6 Å². The number of nitrogens with zero attached hydrogens (tertiary/aromatic N) is 1. The summed E-state index contributed by atoms with van der Waals surface area (Å²) in [6, 6.07) is 18.1. The topological polar surface area (TPSA) is 62.5 Å². The van der Waals surface area contributed by atoms with Gasteiger partial charge in [0.15, 0.2) is 0 Å². The van der Waals surface area contributed by atoms with Crippen molar-refractivity contribution in [2.75, 3.05) is 13.2 Å². The number of ether oxygens (including phenoxy) is 2. The summed E-state index contributed by atoms with van der Waals surface area (Å²) >= 11 is 0. The van der Waals surface area contributed by atoms with Crippen molar-refractivity contribution in [3.63, 3.8) is 0 Å². The van der Waals surface area contributed by atoms with Crippen molar-refractivity contribution in [3.8, 4) is 17.6 Å². The summed E-state index contributed by atoms with van der Waals surface area (Å²) < 4.78 is 10.8. The van der Waals surface area contributed by atoms with E-state index in [-0.39, 0.29) is 13.2 Å². The summed E-state index contributed by atoms with van der Waals surface area (Å²) in [4.78, 5) is 0. The van der Waals surface area contributed by atoms with Gasteiger partial charge in [-0.3, -0.25) is 0 Å². The van der Waals surface area contributed by atoms with Crippen molar-refractivity contribution in [1.82, 2.24) is 0 Å². The second kappa shape index (κ2) is 7.17. The molecule has 4 heteroatoms. The van der Waals surface area contributed by atoms with E-state index in [9.17, 15) is 5.11 Å². The van der Waals surface area contributed by atoms with Gasteiger partial charge in [-0.1, -0.05) is 18.2 Å². The Balaban J connectivity index is 1.74. The number of rotatable bonds is 6. The molecule has 0 amide bonds. The molecule has 0 aromatic heterocycles. The third kappa shape index (κ3) is 4.30. The lowest BCUT2D eigenvalue weighted by atomic mass is 10.2. The van der Waals surface area contributed by atoms with Crippen molar-refractivity contribution in [2.45, 2.75) is 6.10 Å². The van der Waals surface area contributed by atoms with E-state index in [2.05, 4.69) is 0 Å². The van der Waals surface area contributed by atoms with E-state index >= 15 is 0 Å². The Morgan fingerprint density at radius 3 is 2.00 bits per heavy atom. The Bertz CT molecular complexity index is 561. The normalized spacial score (nSPS) is 11.4. The van der Waals surface area contributed by atoms with E-state index in [0.717, 1.165) is 0 Å². The van der Waals surface area contributed by atoms with Gasteiger partial charge in [-0.05, 0) is 36.4 Å². The molecule has 0 heterocycles. The van der Waals surface area contributed by atoms with Gasteiger partial charge >= 0.3 is 0 Å². The maximum absolute atomic E-state index is 9.77. The zero-order chi connectivity index (χ0) is 14.2. The summed E-state index contributed by atoms with van der Waals surface area (Å²) in [5.74, 6) is 1.33. The van der Waals surface area contributed by atoms with Crippen LogP contribution in [0.1, 0.15) is 5.56 Å². The molecule has 102 valence electrons. The molecule has 0 aliphatic heterocycles. The van der Waals surface area contributed by atoms with Crippen LogP contribution < -0.4 is 9.47 Å². The van der Waals surface area contributed by atoms with E-state index < -0.39 is 6.10 Å². The van der Waals surface area contributed by atoms with Crippen LogP contribution in [-0.2, 0) is 0 Å². The van der Waals surface area contributed by atoms with Crippen LogP contribution in [0.2, 0.25) is 0 Å². The zero-order valence-corrected chi connectivity index (χ0v) is 10.9. The van der Waals surface area contributed by atoms with Gasteiger partial charge in [0.1, 0.15) is 30.8 Å². The third-order valence-corrected chi connectivity index (χ3v) is 2.61. The van der Waals surface area contributed by atoms with Crippen LogP contribution in [-0.4, -0.2) is 24.4 Å². The highest BCUT2D eigenvalue weighted by Gasteiger charge is 2.06. The van der Waals surface area contributed by atoms with E-state index in [1.54, 1.807) is 24.3 Å². The van der Waals surface area contributed by atoms with Gasteiger partial charge in [-0.15, -0.1) is 0 Å². The van der Waals surface area contributed by atoms with Crippen molar-refractivity contribution in [1.29, 1.82) is 5.26 Å². The van der Waals surface area contributed by atoms with Crippen molar-refractivity contribution >= 4 is 0 Å². The molecular weight excluding hydrogens is 254 g/mol. The van der Waals surface area contributed by atoms with Gasteiger partial charge in [-0.25, -0.2) is 0 Å². The number of para-hydroxylation sites is 1. The minimum absolute atomic E-state index is 0.138. The van der Waals surface area contributed by atoms with Crippen molar-refractivity contribution in [3.05, 3.63) is 60.2 Å². The van der Waals surface area contributed by atoms with Gasteiger partial charge in [0.2, 0.25) is 0 Å². The average Bonchev–Trinajstić information content (AvgIpc) is 2.52. The molecule has 2 rings (SSSR count). The second-order valence-electron chi connectivity index (χ2n) is 4.23. The highest BCUT2D eigenvalue weighted by Crippen LogP contribution is 2.12. The summed E-state index contributed by atoms with van der Waals surface area (Å²) in [6.45, 7) is 0.305. The molecule has 0 saturated heterocycles. The summed E-state index contributed by atoms with van der Waals surface area (Å²) in [5.41, 5.74) is 0.574. The van der Waals surface area contributed by atoms with E-state index in [0.29, 0.717) is 17.1 Å². The molecule has 0 aliphatic rings. The molecule has 0 bridgehead atoms. The molecule has 0 fully saturated rings. The number of aliphatic hydroxyl groups is 1. The molecule has 0 aliphatic carbocycles. The highest BCUT2D eigenvalue weighted by atomic mass is 16.5. The number of benzene rings is 2. The van der Waals surface area contributed by atoms with Gasteiger partial charge in [0.25, 0.3) is 0 Å². The Morgan fingerprint density at radius 2 is 1.45 bits per heavy atom. The van der Waals surface area contributed by atoms with Crippen LogP contribution >= 0.6 is 0 Å². The lowest BCUT2D eigenvalue weighted by molar-refractivity contribution is 0.0626. The second-order valence-corrected chi connectivity index (χ2v) is 4.23. The molecule has 1 unspecified atom stereocenters. The first-order valence-electron chi connectivity index (χ1n) is 6.27. The van der Waals surface area contributed by atoms with Crippen LogP contribution in [0.15, 0.2) is 54.6 Å². The van der Waals surface area contributed by atoms with E-state index in [4.69, 9.17) is 14.7 Å². The molecule has 2 aromatic carbocycles. The Morgan fingerprint density at radius 1 is 0.900 bits per heavy atom. The first kappa shape index (κ1) is 13.9. The number of nitriles is 1. The van der Waals surface area contributed by atoms with Crippen LogP contribution in [0.5, 0.6) is 11.5 Å². The lowest BCUT2D eigenvalue weighted by Crippen LogP contribution is -2.25. The predicted molar refractivity (Wildman–Crippen MR) is 74.6 cm³/mol. The molecule has 20 heavy (non-hydrogen) atoms. The fraction of sp³-hybridized carbons (Fsp3) is 0.188. The quantitative estimate of drug-likeness (QED) is 0.874. The van der Waals surface area contributed by atoms with Crippen LogP contribution in [0.3, 0.4) is 0 Å². The summed E-state index contributed by atoms with van der Waals surface area (Å²) in [7, 11) is 0. The molecule has 0 saturated carbocycles. The summed E-state index contributed by atoms with van der Waals surface area (Å²) in [6.07, 6.45) is -0.717. The average molecular weight is 269 g/mol. The SMILES string of the molecule is N#Cc1ccc(OCC(O)COc2ccccc2)cc1. The molecule has 1 N–H and O–H groups in total. The number of aliphatic hydroxyl groups excluding tert-OH is 1. The van der Waals surface area contributed by atoms with Crippen LogP contribution in [0, 0.1) is 11.3 Å². The first-order chi connectivity index (χ1) is 9.78. The molecule has 1 atom stereocenters. The highest BCUT2D eigenvalue weighted by molar-refractivity contribution is 5.34. The maximum atomic E-state index is 9.77. The third-order valence-electron chi connectivity index (χ3n) is 2.61. The largest absolute Gasteiger partial charge is 0.491 e. The molecule has 0 radical (unpaired) electrons. The number of hydrogen-bond acceptors (Lipinski definition) is 4. The standard InChI is InChI=1S/C16H15NO3/c17-10-13-6-8-16(9-7-13)20-12-14(18)11-19-15-4-2-1-3-5-15/h1-9,14,18H,11-12H2. The summed E-state index contributed by atoms with van der Waals surface area (Å²) in [5, 5.41) is 18.4. The fourth-order valence-corrected chi connectivity index (χ4v) is 1.58. The van der Waals surface area contributed by atoms with Crippen LogP contribution in [0.25, 0.3) is 0 Å². The van der Waals surface area contributed by atoms with Crippen LogP contribution in [0.4, 0.5) is 0 Å². The van der Waals surface area contributed by atoms with Gasteiger partial charge in [0, 0.05) is 0 Å². The van der Waals surface area contributed by atoms with E-state index in [1.807, 2.05) is 36.4 Å². The molecule has 0 spiro atoms. The van der Waals surface area contributed by atoms with Crippen molar-refractivity contribution in [2.24, 2.45) is 0 Å². The smallest absolute Gasteiger partial charge is 0.122 e. The Kier molecular flexibility index (Phi) is 4.99. The fourth-order valence-electron chi connectivity index (χ4n) is 1.58. The first-order valence-corrected chi connectivity index (χ1v) is 6.27. The lowest BCUT2D eigenvalue weighted by Gasteiger charge is -2.13. The predicted octanol–water partition coefficient (Wildman–Crippen LogP) is 2.38. The number of hydrogen-bond donors (Lipinski definition) is 1. The Labute approximate surface area is 117 Å². The zero-order valence-electron chi connectivity index (χ0n) is 10.9. The van der Waals surface area contributed by atoms with Crippen molar-refractivity contribution < 1.29 is 14.6 Å². The molecular formula is C16H15NO3. The van der Waals surface area contributed by atoms with Gasteiger partial charge in [-0.2, -0.15) is 5.26 Å². The molecule has 4 nitrogen and oxygen atoms in total. The van der Waals surface area contributed by atoms with E-state index in [1.165, 1.54) is 0 Å².